The van der Waals surface area contributed by atoms with Gasteiger partial charge in [-0.15, -0.1) is 0 Å². The van der Waals surface area contributed by atoms with Gasteiger partial charge in [0.15, 0.2) is 0 Å². The van der Waals surface area contributed by atoms with E-state index in [1.165, 1.54) is 0 Å². The monoisotopic (exact) mass is 482 g/mol. The number of benzene rings is 6. The third-order valence-corrected chi connectivity index (χ3v) is 7.66. The van der Waals surface area contributed by atoms with Crippen LogP contribution in [0.3, 0.4) is 0 Å². The molecule has 1 atom stereocenters. The third-order valence-electron chi connectivity index (χ3n) is 7.33. The summed E-state index contributed by atoms with van der Waals surface area (Å²) in [5.41, 5.74) is 5.64. The lowest BCUT2D eigenvalue weighted by Gasteiger charge is -2.34. The Balaban J connectivity index is 1.70. The predicted octanol–water partition coefficient (Wildman–Crippen LogP) is 9.52. The first-order valence-electron chi connectivity index (χ1n) is 14.0. The molecule has 6 aromatic carbocycles. The van der Waals surface area contributed by atoms with Crippen molar-refractivity contribution in [3.8, 4) is 22.3 Å². The molecule has 0 radical (unpaired) electrons. The van der Waals surface area contributed by atoms with Crippen LogP contribution in [-0.2, 0) is 5.41 Å². The number of fused-ring (bicyclic) bond motifs is 5. The molecule has 0 aromatic heterocycles. The van der Waals surface area contributed by atoms with E-state index in [1.54, 1.807) is 0 Å². The Kier molecular flexibility index (Phi) is 3.96. The van der Waals surface area contributed by atoms with E-state index in [2.05, 4.69) is 36.4 Å². The molecule has 1 aliphatic rings. The molecule has 0 bridgehead atoms. The third kappa shape index (κ3) is 2.95. The van der Waals surface area contributed by atoms with Crippen LogP contribution in [-0.4, -0.2) is 0 Å². The summed E-state index contributed by atoms with van der Waals surface area (Å²) in [4.78, 5) is 0. The molecule has 0 N–H and O–H groups in total. The Morgan fingerprint density at radius 3 is 2.22 bits per heavy atom. The lowest BCUT2D eigenvalue weighted by molar-refractivity contribution is 0.769. The molecule has 1 unspecified atom stereocenters. The Morgan fingerprint density at radius 2 is 1.33 bits per heavy atom. The van der Waals surface area contributed by atoms with Crippen molar-refractivity contribution in [2.75, 3.05) is 0 Å². The molecular weight excluding hydrogens is 456 g/mol. The van der Waals surface area contributed by atoms with Gasteiger partial charge in [0.2, 0.25) is 0 Å². The lowest BCUT2D eigenvalue weighted by Crippen LogP contribution is -2.28. The summed E-state index contributed by atoms with van der Waals surface area (Å²) in [6.07, 6.45) is 0. The summed E-state index contributed by atoms with van der Waals surface area (Å²) in [5.74, 6) is 0. The highest BCUT2D eigenvalue weighted by molar-refractivity contribution is 6.33. The second-order valence-corrected chi connectivity index (χ2v) is 9.54. The highest BCUT2D eigenvalue weighted by Crippen LogP contribution is 2.57. The van der Waals surface area contributed by atoms with Crippen LogP contribution >= 0.6 is 11.6 Å². The molecule has 0 heterocycles. The summed E-state index contributed by atoms with van der Waals surface area (Å²) < 4.78 is 35.7. The van der Waals surface area contributed by atoms with Crippen molar-refractivity contribution in [1.82, 2.24) is 0 Å². The highest BCUT2D eigenvalue weighted by atomic mass is 35.5. The average Bonchev–Trinajstić information content (AvgIpc) is 3.32. The second kappa shape index (κ2) is 8.22. The van der Waals surface area contributed by atoms with Crippen LogP contribution in [0.15, 0.2) is 139 Å². The quantitative estimate of drug-likeness (QED) is 0.235. The maximum absolute atomic E-state index is 9.29. The maximum atomic E-state index is 9.29. The van der Waals surface area contributed by atoms with Gasteiger partial charge in [0.05, 0.1) is 10.9 Å². The van der Waals surface area contributed by atoms with Gasteiger partial charge in [0.25, 0.3) is 0 Å². The SMILES string of the molecule is [2H]c1c([2H])c([2H])c2c(c1[2H])-c1c(ccc3ccccc13)C2(c1ccccc1)c1cccc(-c2ccccc2Cl)c1. The van der Waals surface area contributed by atoms with Crippen molar-refractivity contribution in [3.05, 3.63) is 167 Å². The largest absolute Gasteiger partial charge is 0.0837 e. The van der Waals surface area contributed by atoms with E-state index >= 15 is 0 Å². The van der Waals surface area contributed by atoms with Gasteiger partial charge in [-0.25, -0.2) is 0 Å². The average molecular weight is 483 g/mol. The van der Waals surface area contributed by atoms with E-state index in [0.29, 0.717) is 16.1 Å². The molecule has 0 fully saturated rings. The first kappa shape index (κ1) is 17.3. The van der Waals surface area contributed by atoms with E-state index in [-0.39, 0.29) is 24.2 Å². The smallest absolute Gasteiger partial charge is 0.0714 e. The van der Waals surface area contributed by atoms with Crippen LogP contribution < -0.4 is 0 Å². The van der Waals surface area contributed by atoms with E-state index in [1.807, 2.05) is 78.9 Å². The van der Waals surface area contributed by atoms with Crippen LogP contribution in [0.4, 0.5) is 0 Å². The van der Waals surface area contributed by atoms with Crippen molar-refractivity contribution >= 4 is 22.4 Å². The highest BCUT2D eigenvalue weighted by Gasteiger charge is 2.46. The normalized spacial score (nSPS) is 17.6. The summed E-state index contributed by atoms with van der Waals surface area (Å²) >= 11 is 6.63. The Morgan fingerprint density at radius 1 is 0.583 bits per heavy atom. The van der Waals surface area contributed by atoms with Crippen molar-refractivity contribution in [3.63, 3.8) is 0 Å². The second-order valence-electron chi connectivity index (χ2n) is 9.14. The maximum Gasteiger partial charge on any atom is 0.0714 e. The molecule has 0 saturated heterocycles. The number of hydrogen-bond donors (Lipinski definition) is 0. The lowest BCUT2D eigenvalue weighted by atomic mass is 9.67. The summed E-state index contributed by atoms with van der Waals surface area (Å²) in [5, 5.41) is 2.63. The van der Waals surface area contributed by atoms with Crippen LogP contribution in [0.5, 0.6) is 0 Å². The molecule has 0 aliphatic heterocycles. The zero-order chi connectivity index (χ0) is 27.6. The predicted molar refractivity (Wildman–Crippen MR) is 152 cm³/mol. The van der Waals surface area contributed by atoms with Crippen molar-refractivity contribution in [2.45, 2.75) is 5.41 Å². The fourth-order valence-corrected chi connectivity index (χ4v) is 6.08. The molecule has 0 amide bonds. The van der Waals surface area contributed by atoms with Gasteiger partial charge < -0.3 is 0 Å². The fraction of sp³-hybridized carbons (Fsp3) is 0.0286. The Bertz CT molecular complexity index is 1970. The zero-order valence-electron chi connectivity index (χ0n) is 23.3. The van der Waals surface area contributed by atoms with Gasteiger partial charge in [-0.1, -0.05) is 139 Å². The molecule has 170 valence electrons. The van der Waals surface area contributed by atoms with Gasteiger partial charge in [0, 0.05) is 10.6 Å². The minimum atomic E-state index is -0.983. The summed E-state index contributed by atoms with van der Waals surface area (Å²) in [7, 11) is 0. The van der Waals surface area contributed by atoms with Crippen LogP contribution in [0.2, 0.25) is 5.02 Å². The van der Waals surface area contributed by atoms with E-state index in [0.717, 1.165) is 44.2 Å². The standard InChI is InChI=1S/C35H23Cl/c36-33-20-9-7-16-28(33)25-12-10-15-27(23-25)35(26-13-2-1-3-14-26)31-19-8-6-18-30(31)34-29-17-5-4-11-24(29)21-22-32(34)35/h1-23H/i6D,8D,18D,19D. The molecular formula is C35H23Cl. The van der Waals surface area contributed by atoms with Gasteiger partial charge in [-0.3, -0.25) is 0 Å². The minimum Gasteiger partial charge on any atom is -0.0837 e. The van der Waals surface area contributed by atoms with E-state index in [9.17, 15) is 1.37 Å². The zero-order valence-corrected chi connectivity index (χ0v) is 20.1. The van der Waals surface area contributed by atoms with Crippen molar-refractivity contribution in [2.24, 2.45) is 0 Å². The van der Waals surface area contributed by atoms with Gasteiger partial charge >= 0.3 is 0 Å². The first-order valence-corrected chi connectivity index (χ1v) is 12.4. The van der Waals surface area contributed by atoms with Gasteiger partial charge in [-0.05, 0) is 61.8 Å². The molecule has 1 aliphatic carbocycles. The topological polar surface area (TPSA) is 0 Å². The van der Waals surface area contributed by atoms with Crippen LogP contribution in [0.1, 0.15) is 27.7 Å². The fourth-order valence-electron chi connectivity index (χ4n) is 5.84. The van der Waals surface area contributed by atoms with Crippen LogP contribution in [0, 0.1) is 0 Å². The summed E-state index contributed by atoms with van der Waals surface area (Å²) in [6.45, 7) is 0. The molecule has 7 rings (SSSR count). The molecule has 0 spiro atoms. The Hall–Kier alpha value is -4.13. The number of rotatable bonds is 3. The molecule has 0 nitrogen and oxygen atoms in total. The number of hydrogen-bond acceptors (Lipinski definition) is 0. The van der Waals surface area contributed by atoms with Gasteiger partial charge in [0.1, 0.15) is 0 Å². The summed E-state index contributed by atoms with van der Waals surface area (Å²) in [6, 6.07) is 37.7. The van der Waals surface area contributed by atoms with Gasteiger partial charge in [-0.2, -0.15) is 0 Å². The van der Waals surface area contributed by atoms with E-state index in [4.69, 9.17) is 15.7 Å². The molecule has 0 saturated carbocycles. The molecule has 1 heteroatoms. The molecule has 6 aromatic rings. The minimum absolute atomic E-state index is 0.0198. The van der Waals surface area contributed by atoms with Crippen LogP contribution in [0.25, 0.3) is 33.0 Å². The van der Waals surface area contributed by atoms with E-state index < -0.39 is 5.41 Å². The molecule has 36 heavy (non-hydrogen) atoms. The number of halogens is 1. The Labute approximate surface area is 222 Å². The first-order chi connectivity index (χ1) is 19.4. The van der Waals surface area contributed by atoms with Crippen molar-refractivity contribution < 1.29 is 5.48 Å². The van der Waals surface area contributed by atoms with Crippen molar-refractivity contribution in [1.29, 1.82) is 0 Å².